The van der Waals surface area contributed by atoms with Crippen molar-refractivity contribution in [2.75, 3.05) is 26.7 Å². The number of piperidine rings is 1. The number of hydrogen-bond donors (Lipinski definition) is 0. The summed E-state index contributed by atoms with van der Waals surface area (Å²) in [5.41, 5.74) is 0. The normalized spacial score (nSPS) is 23.0. The molecule has 1 aromatic heterocycles. The Bertz CT molecular complexity index is 541. The van der Waals surface area contributed by atoms with Gasteiger partial charge < -0.3 is 14.5 Å². The zero-order valence-corrected chi connectivity index (χ0v) is 12.8. The Kier molecular flexibility index (Phi) is 4.27. The van der Waals surface area contributed by atoms with Crippen molar-refractivity contribution in [3.05, 3.63) is 24.4 Å². The van der Waals surface area contributed by atoms with E-state index in [2.05, 4.69) is 4.98 Å². The van der Waals surface area contributed by atoms with Crippen molar-refractivity contribution in [1.29, 1.82) is 0 Å². The minimum atomic E-state index is -0.175. The Hall–Kier alpha value is -2.11. The van der Waals surface area contributed by atoms with Crippen LogP contribution >= 0.6 is 0 Å². The zero-order chi connectivity index (χ0) is 15.5. The van der Waals surface area contributed by atoms with Crippen LogP contribution in [0.4, 0.5) is 0 Å². The van der Waals surface area contributed by atoms with E-state index < -0.39 is 0 Å². The molecule has 118 valence electrons. The summed E-state index contributed by atoms with van der Waals surface area (Å²) in [6.45, 7) is 1.91. The summed E-state index contributed by atoms with van der Waals surface area (Å²) in [6, 6.07) is 5.60. The first kappa shape index (κ1) is 14.8. The number of nitrogens with zero attached hydrogens (tertiary/aromatic N) is 3. The fourth-order valence-electron chi connectivity index (χ4n) is 3.07. The summed E-state index contributed by atoms with van der Waals surface area (Å²) in [5.74, 6) is 0.627. The summed E-state index contributed by atoms with van der Waals surface area (Å²) in [4.78, 5) is 31.7. The molecule has 1 unspecified atom stereocenters. The summed E-state index contributed by atoms with van der Waals surface area (Å²) in [7, 11) is 1.75. The van der Waals surface area contributed by atoms with E-state index in [-0.39, 0.29) is 23.8 Å². The third-order valence-electron chi connectivity index (χ3n) is 4.37. The van der Waals surface area contributed by atoms with Crippen LogP contribution in [0.3, 0.4) is 0 Å². The maximum absolute atomic E-state index is 12.5. The molecule has 0 aromatic carbocycles. The van der Waals surface area contributed by atoms with Crippen LogP contribution in [0, 0.1) is 5.92 Å². The maximum Gasteiger partial charge on any atom is 0.227 e. The molecular weight excluding hydrogens is 282 g/mol. The van der Waals surface area contributed by atoms with Gasteiger partial charge in [-0.3, -0.25) is 9.59 Å². The Morgan fingerprint density at radius 1 is 1.32 bits per heavy atom. The second kappa shape index (κ2) is 6.34. The van der Waals surface area contributed by atoms with Gasteiger partial charge in [0, 0.05) is 58.2 Å². The monoisotopic (exact) mass is 303 g/mol. The lowest BCUT2D eigenvalue weighted by atomic mass is 10.0. The Morgan fingerprint density at radius 2 is 2.09 bits per heavy atom. The van der Waals surface area contributed by atoms with Gasteiger partial charge in [-0.2, -0.15) is 0 Å². The second-order valence-electron chi connectivity index (χ2n) is 5.99. The highest BCUT2D eigenvalue weighted by Crippen LogP contribution is 2.22. The lowest BCUT2D eigenvalue weighted by Gasteiger charge is -2.33. The van der Waals surface area contributed by atoms with E-state index in [0.29, 0.717) is 31.9 Å². The van der Waals surface area contributed by atoms with Crippen molar-refractivity contribution < 1.29 is 14.3 Å². The predicted molar refractivity (Wildman–Crippen MR) is 80.2 cm³/mol. The number of amides is 2. The first-order valence-electron chi connectivity index (χ1n) is 7.74. The van der Waals surface area contributed by atoms with Crippen molar-refractivity contribution in [2.24, 2.45) is 5.92 Å². The average Bonchev–Trinajstić information content (AvgIpc) is 2.88. The highest BCUT2D eigenvalue weighted by molar-refractivity contribution is 5.89. The third-order valence-corrected chi connectivity index (χ3v) is 4.37. The fraction of sp³-hybridized carbons (Fsp3) is 0.562. The van der Waals surface area contributed by atoms with Gasteiger partial charge in [0.15, 0.2) is 0 Å². The number of carbonyl (C=O) groups is 2. The molecule has 3 rings (SSSR count). The van der Waals surface area contributed by atoms with E-state index in [1.54, 1.807) is 18.1 Å². The quantitative estimate of drug-likeness (QED) is 0.833. The molecule has 0 saturated carbocycles. The summed E-state index contributed by atoms with van der Waals surface area (Å²) < 4.78 is 5.83. The van der Waals surface area contributed by atoms with Crippen LogP contribution in [0.1, 0.15) is 19.3 Å². The van der Waals surface area contributed by atoms with E-state index >= 15 is 0 Å². The number of hydrogen-bond acceptors (Lipinski definition) is 4. The van der Waals surface area contributed by atoms with Gasteiger partial charge in [0.1, 0.15) is 6.10 Å². The minimum absolute atomic E-state index is 0.0618. The van der Waals surface area contributed by atoms with Gasteiger partial charge in [-0.05, 0) is 6.07 Å². The molecule has 0 bridgehead atoms. The molecule has 0 radical (unpaired) electrons. The highest BCUT2D eigenvalue weighted by atomic mass is 16.5. The van der Waals surface area contributed by atoms with Gasteiger partial charge in [-0.1, -0.05) is 6.07 Å². The van der Waals surface area contributed by atoms with Gasteiger partial charge in [0.05, 0.1) is 5.92 Å². The molecule has 2 aliphatic heterocycles. The van der Waals surface area contributed by atoms with E-state index in [1.165, 1.54) is 0 Å². The largest absolute Gasteiger partial charge is 0.474 e. The van der Waals surface area contributed by atoms with Crippen LogP contribution in [0.5, 0.6) is 5.88 Å². The number of ether oxygens (including phenoxy) is 1. The Labute approximate surface area is 130 Å². The van der Waals surface area contributed by atoms with Crippen LogP contribution < -0.4 is 4.74 Å². The number of pyridine rings is 1. The molecule has 6 heteroatoms. The molecular formula is C16H21N3O3. The van der Waals surface area contributed by atoms with Crippen LogP contribution in [0.15, 0.2) is 24.4 Å². The van der Waals surface area contributed by atoms with Crippen molar-refractivity contribution in [1.82, 2.24) is 14.8 Å². The van der Waals surface area contributed by atoms with Gasteiger partial charge in [0.25, 0.3) is 0 Å². The first-order valence-corrected chi connectivity index (χ1v) is 7.74. The highest BCUT2D eigenvalue weighted by Gasteiger charge is 2.36. The van der Waals surface area contributed by atoms with Gasteiger partial charge >= 0.3 is 0 Å². The molecule has 0 aliphatic carbocycles. The van der Waals surface area contributed by atoms with Crippen molar-refractivity contribution in [3.63, 3.8) is 0 Å². The van der Waals surface area contributed by atoms with E-state index in [0.717, 1.165) is 12.8 Å². The molecule has 2 amide bonds. The van der Waals surface area contributed by atoms with E-state index in [1.807, 2.05) is 23.1 Å². The average molecular weight is 303 g/mol. The maximum atomic E-state index is 12.5. The van der Waals surface area contributed by atoms with Crippen LogP contribution in [-0.2, 0) is 9.59 Å². The van der Waals surface area contributed by atoms with E-state index in [4.69, 9.17) is 4.74 Å². The minimum Gasteiger partial charge on any atom is -0.474 e. The molecule has 0 N–H and O–H groups in total. The third kappa shape index (κ3) is 3.21. The molecule has 6 nitrogen and oxygen atoms in total. The topological polar surface area (TPSA) is 62.7 Å². The molecule has 0 spiro atoms. The Morgan fingerprint density at radius 3 is 2.68 bits per heavy atom. The van der Waals surface area contributed by atoms with Crippen molar-refractivity contribution in [3.8, 4) is 5.88 Å². The van der Waals surface area contributed by atoms with Crippen LogP contribution in [-0.4, -0.2) is 59.4 Å². The fourth-order valence-corrected chi connectivity index (χ4v) is 3.07. The first-order chi connectivity index (χ1) is 10.6. The molecule has 22 heavy (non-hydrogen) atoms. The molecule has 2 saturated heterocycles. The predicted octanol–water partition coefficient (Wildman–Crippen LogP) is 0.930. The van der Waals surface area contributed by atoms with Gasteiger partial charge in [-0.25, -0.2) is 4.98 Å². The lowest BCUT2D eigenvalue weighted by Crippen LogP contribution is -2.44. The number of carbonyl (C=O) groups excluding carboxylic acids is 2. The van der Waals surface area contributed by atoms with Gasteiger partial charge in [-0.15, -0.1) is 0 Å². The van der Waals surface area contributed by atoms with Gasteiger partial charge in [0.2, 0.25) is 17.7 Å². The number of likely N-dealkylation sites (tertiary alicyclic amines) is 2. The van der Waals surface area contributed by atoms with Crippen LogP contribution in [0.25, 0.3) is 0 Å². The van der Waals surface area contributed by atoms with E-state index in [9.17, 15) is 9.59 Å². The summed E-state index contributed by atoms with van der Waals surface area (Å²) >= 11 is 0. The summed E-state index contributed by atoms with van der Waals surface area (Å²) in [6.07, 6.45) is 3.77. The standard InChI is InChI=1S/C16H21N3O3/c1-18-11-12(10-15(18)20)16(21)19-8-5-13(6-9-19)22-14-4-2-3-7-17-14/h2-4,7,12-13H,5-6,8-11H2,1H3. The second-order valence-corrected chi connectivity index (χ2v) is 5.99. The van der Waals surface area contributed by atoms with Crippen molar-refractivity contribution >= 4 is 11.8 Å². The van der Waals surface area contributed by atoms with Crippen LogP contribution in [0.2, 0.25) is 0 Å². The number of rotatable bonds is 3. The summed E-state index contributed by atoms with van der Waals surface area (Å²) in [5, 5.41) is 0. The molecule has 3 heterocycles. The molecule has 2 fully saturated rings. The smallest absolute Gasteiger partial charge is 0.227 e. The molecule has 2 aliphatic rings. The SMILES string of the molecule is CN1CC(C(=O)N2CCC(Oc3ccccn3)CC2)CC1=O. The Balaban J connectivity index is 1.49. The molecule has 1 atom stereocenters. The van der Waals surface area contributed by atoms with Crippen molar-refractivity contribution in [2.45, 2.75) is 25.4 Å². The molecule has 1 aromatic rings. The lowest BCUT2D eigenvalue weighted by molar-refractivity contribution is -0.137. The zero-order valence-electron chi connectivity index (χ0n) is 12.8. The number of aromatic nitrogens is 1.